The Bertz CT molecular complexity index is 854. The van der Waals surface area contributed by atoms with Crippen molar-refractivity contribution in [2.75, 3.05) is 12.3 Å². The van der Waals surface area contributed by atoms with Gasteiger partial charge in [-0.05, 0) is 37.2 Å². The minimum atomic E-state index is -4.07. The van der Waals surface area contributed by atoms with Crippen molar-refractivity contribution in [2.24, 2.45) is 5.41 Å². The summed E-state index contributed by atoms with van der Waals surface area (Å²) in [4.78, 5) is 24.9. The van der Waals surface area contributed by atoms with Crippen LogP contribution >= 0.6 is 0 Å². The minimum Gasteiger partial charge on any atom is -0.461 e. The van der Waals surface area contributed by atoms with Gasteiger partial charge in [-0.25, -0.2) is 0 Å². The summed E-state index contributed by atoms with van der Waals surface area (Å²) >= 11 is 0. The van der Waals surface area contributed by atoms with E-state index in [0.717, 1.165) is 31.2 Å². The minimum absolute atomic E-state index is 0.0407. The summed E-state index contributed by atoms with van der Waals surface area (Å²) in [6.45, 7) is 1.69. The Hall–Kier alpha value is -2.05. The van der Waals surface area contributed by atoms with E-state index in [1.165, 1.54) is 6.92 Å². The summed E-state index contributed by atoms with van der Waals surface area (Å²) < 4.78 is 45.7. The van der Waals surface area contributed by atoms with E-state index in [-0.39, 0.29) is 38.4 Å². The first-order valence-corrected chi connectivity index (χ1v) is 12.6. The van der Waals surface area contributed by atoms with Gasteiger partial charge < -0.3 is 19.3 Å². The van der Waals surface area contributed by atoms with Crippen molar-refractivity contribution in [3.63, 3.8) is 0 Å². The highest BCUT2D eigenvalue weighted by Crippen LogP contribution is 2.44. The van der Waals surface area contributed by atoms with Crippen molar-refractivity contribution in [3.8, 4) is 0 Å². The van der Waals surface area contributed by atoms with Gasteiger partial charge in [0.1, 0.15) is 6.61 Å². The van der Waals surface area contributed by atoms with Crippen LogP contribution in [0.4, 0.5) is 0 Å². The molecular formula is C22H33NO9S. The molecule has 0 aromatic heterocycles. The van der Waals surface area contributed by atoms with Crippen LogP contribution in [0.25, 0.3) is 0 Å². The molecular weight excluding hydrogens is 454 g/mol. The van der Waals surface area contributed by atoms with Gasteiger partial charge in [0.05, 0.1) is 18.6 Å². The predicted molar refractivity (Wildman–Crippen MR) is 118 cm³/mol. The van der Waals surface area contributed by atoms with Gasteiger partial charge in [-0.3, -0.25) is 19.5 Å². The van der Waals surface area contributed by atoms with E-state index in [1.54, 1.807) is 0 Å². The normalized spacial score (nSPS) is 17.3. The number of hydrogen-bond acceptors (Lipinski definition) is 9. The Kier molecular flexibility index (Phi) is 10.7. The zero-order valence-corrected chi connectivity index (χ0v) is 19.6. The average Bonchev–Trinajstić information content (AvgIpc) is 3.17. The van der Waals surface area contributed by atoms with Gasteiger partial charge in [0.15, 0.2) is 0 Å². The van der Waals surface area contributed by atoms with Crippen LogP contribution in [0.3, 0.4) is 0 Å². The van der Waals surface area contributed by atoms with Gasteiger partial charge in [0.25, 0.3) is 10.1 Å². The molecule has 1 aromatic carbocycles. The van der Waals surface area contributed by atoms with Crippen molar-refractivity contribution >= 4 is 22.1 Å². The van der Waals surface area contributed by atoms with Crippen LogP contribution in [0.1, 0.15) is 57.4 Å². The van der Waals surface area contributed by atoms with E-state index in [2.05, 4.69) is 5.32 Å². The van der Waals surface area contributed by atoms with Crippen LogP contribution in [-0.2, 0) is 40.5 Å². The van der Waals surface area contributed by atoms with Crippen molar-refractivity contribution < 1.29 is 41.9 Å². The standard InChI is InChI=1S/C22H33NO9S/c1-17(32-21(26)23-12-7-13-33(27,28)29)31-20(25)15-22(10-5-6-11-22)14-19(24)30-16-18-8-3-2-4-9-18/h2-4,8-9,17,21,23,26H,5-7,10-16H2,1H3,(H,27,28,29). The lowest BCUT2D eigenvalue weighted by Gasteiger charge is -2.28. The molecule has 2 atom stereocenters. The number of carbonyl (C=O) groups excluding carboxylic acids is 2. The number of esters is 2. The van der Waals surface area contributed by atoms with E-state index in [4.69, 9.17) is 18.8 Å². The maximum Gasteiger partial charge on any atom is 0.308 e. The lowest BCUT2D eigenvalue weighted by atomic mass is 9.79. The molecule has 0 amide bonds. The molecule has 1 fully saturated rings. The molecule has 1 aromatic rings. The molecule has 186 valence electrons. The highest BCUT2D eigenvalue weighted by molar-refractivity contribution is 7.85. The summed E-state index contributed by atoms with van der Waals surface area (Å²) in [6.07, 6.45) is 0.949. The third-order valence-electron chi connectivity index (χ3n) is 5.46. The number of rotatable bonds is 14. The Morgan fingerprint density at radius 1 is 1.12 bits per heavy atom. The molecule has 0 saturated heterocycles. The monoisotopic (exact) mass is 487 g/mol. The molecule has 1 aliphatic rings. The molecule has 0 bridgehead atoms. The van der Waals surface area contributed by atoms with Gasteiger partial charge in [-0.15, -0.1) is 0 Å². The van der Waals surface area contributed by atoms with Gasteiger partial charge in [0, 0.05) is 6.54 Å². The van der Waals surface area contributed by atoms with Crippen LogP contribution in [0.5, 0.6) is 0 Å². The Balaban J connectivity index is 1.75. The topological polar surface area (TPSA) is 148 Å². The summed E-state index contributed by atoms with van der Waals surface area (Å²) in [5.41, 5.74) is 0.374. The highest BCUT2D eigenvalue weighted by atomic mass is 32.2. The number of hydrogen-bond donors (Lipinski definition) is 3. The van der Waals surface area contributed by atoms with Crippen LogP contribution < -0.4 is 5.32 Å². The van der Waals surface area contributed by atoms with Crippen LogP contribution in [0.2, 0.25) is 0 Å². The fraction of sp³-hybridized carbons (Fsp3) is 0.636. The molecule has 3 N–H and O–H groups in total. The molecule has 11 heteroatoms. The molecule has 0 aliphatic heterocycles. The summed E-state index contributed by atoms with van der Waals surface area (Å²) in [6, 6.07) is 9.36. The lowest BCUT2D eigenvalue weighted by molar-refractivity contribution is -0.229. The third kappa shape index (κ3) is 11.1. The summed E-state index contributed by atoms with van der Waals surface area (Å²) in [5.74, 6) is -1.35. The van der Waals surface area contributed by atoms with Crippen molar-refractivity contribution in [1.82, 2.24) is 5.32 Å². The van der Waals surface area contributed by atoms with Gasteiger partial charge in [-0.2, -0.15) is 8.42 Å². The first-order chi connectivity index (χ1) is 15.6. The molecule has 0 heterocycles. The zero-order valence-electron chi connectivity index (χ0n) is 18.8. The summed E-state index contributed by atoms with van der Waals surface area (Å²) in [7, 11) is -4.07. The Morgan fingerprint density at radius 3 is 2.39 bits per heavy atom. The molecule has 1 saturated carbocycles. The van der Waals surface area contributed by atoms with E-state index in [1.807, 2.05) is 30.3 Å². The second-order valence-electron chi connectivity index (χ2n) is 8.35. The number of aliphatic hydroxyl groups is 1. The van der Waals surface area contributed by atoms with Crippen molar-refractivity contribution in [1.29, 1.82) is 0 Å². The zero-order chi connectivity index (χ0) is 24.3. The SMILES string of the molecule is CC(OC(=O)CC1(CC(=O)OCc2ccccc2)CCCC1)OC(O)NCCCS(=O)(=O)O. The Labute approximate surface area is 194 Å². The number of aliphatic hydroxyl groups excluding tert-OH is 1. The molecule has 1 aliphatic carbocycles. The first-order valence-electron chi connectivity index (χ1n) is 11.0. The van der Waals surface area contributed by atoms with Crippen LogP contribution in [-0.4, -0.2) is 55.0 Å². The molecule has 33 heavy (non-hydrogen) atoms. The largest absolute Gasteiger partial charge is 0.461 e. The smallest absolute Gasteiger partial charge is 0.308 e. The fourth-order valence-corrected chi connectivity index (χ4v) is 4.42. The lowest BCUT2D eigenvalue weighted by Crippen LogP contribution is -2.37. The van der Waals surface area contributed by atoms with Crippen molar-refractivity contribution in [3.05, 3.63) is 35.9 Å². The van der Waals surface area contributed by atoms with Crippen LogP contribution in [0.15, 0.2) is 30.3 Å². The second kappa shape index (κ2) is 13.0. The number of benzene rings is 1. The third-order valence-corrected chi connectivity index (χ3v) is 6.27. The van der Waals surface area contributed by atoms with Gasteiger partial charge in [-0.1, -0.05) is 43.2 Å². The molecule has 0 radical (unpaired) electrons. The van der Waals surface area contributed by atoms with Crippen LogP contribution in [0, 0.1) is 5.41 Å². The van der Waals surface area contributed by atoms with E-state index < -0.39 is 40.0 Å². The average molecular weight is 488 g/mol. The quantitative estimate of drug-likeness (QED) is 0.154. The predicted octanol–water partition coefficient (Wildman–Crippen LogP) is 2.12. The number of carbonyl (C=O) groups is 2. The maximum atomic E-state index is 12.5. The second-order valence-corrected chi connectivity index (χ2v) is 9.92. The molecule has 2 rings (SSSR count). The van der Waals surface area contributed by atoms with E-state index in [9.17, 15) is 23.1 Å². The van der Waals surface area contributed by atoms with E-state index in [0.29, 0.717) is 0 Å². The number of nitrogens with one attached hydrogen (secondary N) is 1. The van der Waals surface area contributed by atoms with Gasteiger partial charge >= 0.3 is 11.9 Å². The molecule has 10 nitrogen and oxygen atoms in total. The van der Waals surface area contributed by atoms with Crippen molar-refractivity contribution in [2.45, 2.75) is 71.2 Å². The summed E-state index contributed by atoms with van der Waals surface area (Å²) in [5, 5.41) is 12.3. The fourth-order valence-electron chi connectivity index (χ4n) is 3.91. The van der Waals surface area contributed by atoms with E-state index >= 15 is 0 Å². The highest BCUT2D eigenvalue weighted by Gasteiger charge is 2.39. The maximum absolute atomic E-state index is 12.5. The number of ether oxygens (including phenoxy) is 3. The Morgan fingerprint density at radius 2 is 1.76 bits per heavy atom. The molecule has 0 spiro atoms. The van der Waals surface area contributed by atoms with Gasteiger partial charge in [0.2, 0.25) is 12.7 Å². The molecule has 2 unspecified atom stereocenters. The first kappa shape index (κ1) is 27.2.